The van der Waals surface area contributed by atoms with Gasteiger partial charge in [-0.3, -0.25) is 4.79 Å². The van der Waals surface area contributed by atoms with Crippen molar-refractivity contribution >= 4 is 11.6 Å². The van der Waals surface area contributed by atoms with Gasteiger partial charge in [-0.15, -0.1) is 0 Å². The summed E-state index contributed by atoms with van der Waals surface area (Å²) in [5.41, 5.74) is 4.59. The van der Waals surface area contributed by atoms with Crippen LogP contribution in [-0.2, 0) is 4.74 Å². The standard InChI is InChI=1S/C14H18F2N2O2/c1-18(4-5-20-8-9-2-3-9)14(19)11-6-10(15)7-12(17)13(11)16/h6-7,9H,2-5,8,17H2,1H3. The first kappa shape index (κ1) is 14.7. The zero-order valence-electron chi connectivity index (χ0n) is 11.4. The summed E-state index contributed by atoms with van der Waals surface area (Å²) in [6.07, 6.45) is 2.39. The minimum atomic E-state index is -0.887. The van der Waals surface area contributed by atoms with Gasteiger partial charge in [-0.2, -0.15) is 0 Å². The topological polar surface area (TPSA) is 55.6 Å². The molecule has 4 nitrogen and oxygen atoms in total. The molecule has 1 amide bonds. The molecule has 6 heteroatoms. The summed E-state index contributed by atoms with van der Waals surface area (Å²) in [5, 5.41) is 0. The minimum absolute atomic E-state index is 0.321. The molecule has 0 saturated heterocycles. The van der Waals surface area contributed by atoms with Gasteiger partial charge in [-0.1, -0.05) is 0 Å². The van der Waals surface area contributed by atoms with Crippen LogP contribution in [-0.4, -0.2) is 37.6 Å². The highest BCUT2D eigenvalue weighted by Crippen LogP contribution is 2.28. The first-order valence-electron chi connectivity index (χ1n) is 6.56. The summed E-state index contributed by atoms with van der Waals surface area (Å²) >= 11 is 0. The number of likely N-dealkylation sites (N-methyl/N-ethyl adjacent to an activating group) is 1. The number of benzene rings is 1. The van der Waals surface area contributed by atoms with Crippen molar-refractivity contribution < 1.29 is 18.3 Å². The van der Waals surface area contributed by atoms with E-state index in [0.29, 0.717) is 25.7 Å². The van der Waals surface area contributed by atoms with E-state index < -0.39 is 17.5 Å². The number of carbonyl (C=O) groups excluding carboxylic acids is 1. The maximum atomic E-state index is 13.7. The molecule has 20 heavy (non-hydrogen) atoms. The molecule has 0 aromatic heterocycles. The number of rotatable bonds is 6. The first-order chi connectivity index (χ1) is 9.49. The molecule has 1 fully saturated rings. The van der Waals surface area contributed by atoms with E-state index in [9.17, 15) is 13.6 Å². The molecule has 0 heterocycles. The number of nitrogens with two attached hydrogens (primary N) is 1. The number of anilines is 1. The monoisotopic (exact) mass is 284 g/mol. The van der Waals surface area contributed by atoms with Gasteiger partial charge in [0.25, 0.3) is 5.91 Å². The van der Waals surface area contributed by atoms with Crippen LogP contribution >= 0.6 is 0 Å². The number of hydrogen-bond donors (Lipinski definition) is 1. The maximum absolute atomic E-state index is 13.7. The zero-order chi connectivity index (χ0) is 14.7. The summed E-state index contributed by atoms with van der Waals surface area (Å²) in [6.45, 7) is 1.40. The van der Waals surface area contributed by atoms with Crippen LogP contribution in [0, 0.1) is 17.6 Å². The molecule has 110 valence electrons. The molecular weight excluding hydrogens is 266 g/mol. The molecule has 2 rings (SSSR count). The van der Waals surface area contributed by atoms with Gasteiger partial charge < -0.3 is 15.4 Å². The van der Waals surface area contributed by atoms with E-state index in [1.165, 1.54) is 24.8 Å². The van der Waals surface area contributed by atoms with E-state index in [4.69, 9.17) is 10.5 Å². The third kappa shape index (κ3) is 3.66. The van der Waals surface area contributed by atoms with Gasteiger partial charge in [-0.05, 0) is 30.9 Å². The third-order valence-electron chi connectivity index (χ3n) is 3.26. The molecular formula is C14H18F2N2O2. The molecule has 0 aliphatic heterocycles. The van der Waals surface area contributed by atoms with E-state index in [1.54, 1.807) is 0 Å². The molecule has 1 aromatic rings. The van der Waals surface area contributed by atoms with Gasteiger partial charge >= 0.3 is 0 Å². The van der Waals surface area contributed by atoms with E-state index in [2.05, 4.69) is 0 Å². The lowest BCUT2D eigenvalue weighted by atomic mass is 10.1. The highest BCUT2D eigenvalue weighted by Gasteiger charge is 2.22. The van der Waals surface area contributed by atoms with Gasteiger partial charge in [0.05, 0.1) is 17.9 Å². The molecule has 1 aromatic carbocycles. The molecule has 1 aliphatic rings. The largest absolute Gasteiger partial charge is 0.396 e. The Morgan fingerprint density at radius 3 is 2.80 bits per heavy atom. The van der Waals surface area contributed by atoms with Crippen molar-refractivity contribution in [1.29, 1.82) is 0 Å². The second-order valence-electron chi connectivity index (χ2n) is 5.10. The quantitative estimate of drug-likeness (QED) is 0.642. The SMILES string of the molecule is CN(CCOCC1CC1)C(=O)c1cc(F)cc(N)c1F. The van der Waals surface area contributed by atoms with Crippen molar-refractivity contribution in [2.45, 2.75) is 12.8 Å². The van der Waals surface area contributed by atoms with Crippen LogP contribution in [0.5, 0.6) is 0 Å². The average molecular weight is 284 g/mol. The van der Waals surface area contributed by atoms with Crippen molar-refractivity contribution in [1.82, 2.24) is 4.90 Å². The Balaban J connectivity index is 1.91. The van der Waals surface area contributed by atoms with Crippen LogP contribution in [0.25, 0.3) is 0 Å². The Morgan fingerprint density at radius 1 is 1.45 bits per heavy atom. The predicted octanol–water partition coefficient (Wildman–Crippen LogP) is 2.05. The van der Waals surface area contributed by atoms with Gasteiger partial charge in [-0.25, -0.2) is 8.78 Å². The second-order valence-corrected chi connectivity index (χ2v) is 5.10. The van der Waals surface area contributed by atoms with E-state index >= 15 is 0 Å². The fourth-order valence-electron chi connectivity index (χ4n) is 1.81. The number of nitrogen functional groups attached to an aromatic ring is 1. The smallest absolute Gasteiger partial charge is 0.256 e. The Hall–Kier alpha value is -1.69. The lowest BCUT2D eigenvalue weighted by molar-refractivity contribution is 0.0677. The van der Waals surface area contributed by atoms with Crippen molar-refractivity contribution in [2.24, 2.45) is 5.92 Å². The van der Waals surface area contributed by atoms with Crippen molar-refractivity contribution in [3.05, 3.63) is 29.3 Å². The number of halogens is 2. The summed E-state index contributed by atoms with van der Waals surface area (Å²) in [6, 6.07) is 1.71. The van der Waals surface area contributed by atoms with Crippen LogP contribution in [0.15, 0.2) is 12.1 Å². The highest BCUT2D eigenvalue weighted by atomic mass is 19.1. The van der Waals surface area contributed by atoms with Crippen molar-refractivity contribution in [3.63, 3.8) is 0 Å². The summed E-state index contributed by atoms with van der Waals surface area (Å²) in [7, 11) is 1.52. The van der Waals surface area contributed by atoms with Crippen molar-refractivity contribution in [2.75, 3.05) is 32.5 Å². The van der Waals surface area contributed by atoms with Crippen LogP contribution in [0.3, 0.4) is 0 Å². The molecule has 0 atom stereocenters. The number of hydrogen-bond acceptors (Lipinski definition) is 3. The molecule has 0 unspecified atom stereocenters. The minimum Gasteiger partial charge on any atom is -0.396 e. The zero-order valence-corrected chi connectivity index (χ0v) is 11.4. The van der Waals surface area contributed by atoms with Gasteiger partial charge in [0.2, 0.25) is 0 Å². The van der Waals surface area contributed by atoms with Gasteiger partial charge in [0.1, 0.15) is 5.82 Å². The van der Waals surface area contributed by atoms with Crippen LogP contribution in [0.1, 0.15) is 23.2 Å². The Morgan fingerprint density at radius 2 is 2.15 bits per heavy atom. The highest BCUT2D eigenvalue weighted by molar-refractivity contribution is 5.95. The Labute approximate surface area is 116 Å². The summed E-state index contributed by atoms with van der Waals surface area (Å²) in [4.78, 5) is 13.3. The van der Waals surface area contributed by atoms with E-state index in [1.807, 2.05) is 0 Å². The number of amides is 1. The fourth-order valence-corrected chi connectivity index (χ4v) is 1.81. The van der Waals surface area contributed by atoms with Crippen molar-refractivity contribution in [3.8, 4) is 0 Å². The lowest BCUT2D eigenvalue weighted by Crippen LogP contribution is -2.31. The number of carbonyl (C=O) groups is 1. The summed E-state index contributed by atoms with van der Waals surface area (Å²) in [5.74, 6) is -1.58. The van der Waals surface area contributed by atoms with Gasteiger partial charge in [0, 0.05) is 20.2 Å². The molecule has 0 spiro atoms. The number of nitrogens with zero attached hydrogens (tertiary/aromatic N) is 1. The van der Waals surface area contributed by atoms with Crippen LogP contribution in [0.4, 0.5) is 14.5 Å². The lowest BCUT2D eigenvalue weighted by Gasteiger charge is -2.18. The number of ether oxygens (including phenoxy) is 1. The average Bonchev–Trinajstić information content (AvgIpc) is 3.22. The Kier molecular flexibility index (Phi) is 4.54. The molecule has 2 N–H and O–H groups in total. The van der Waals surface area contributed by atoms with Gasteiger partial charge in [0.15, 0.2) is 5.82 Å². The maximum Gasteiger partial charge on any atom is 0.256 e. The molecule has 1 saturated carbocycles. The molecule has 0 radical (unpaired) electrons. The molecule has 1 aliphatic carbocycles. The second kappa shape index (κ2) is 6.17. The Bertz CT molecular complexity index is 504. The van der Waals surface area contributed by atoms with E-state index in [0.717, 1.165) is 12.1 Å². The molecule has 0 bridgehead atoms. The van der Waals surface area contributed by atoms with Crippen LogP contribution in [0.2, 0.25) is 0 Å². The normalized spacial score (nSPS) is 14.3. The first-order valence-corrected chi connectivity index (χ1v) is 6.56. The van der Waals surface area contributed by atoms with E-state index in [-0.39, 0.29) is 11.3 Å². The fraction of sp³-hybridized carbons (Fsp3) is 0.500. The summed E-state index contributed by atoms with van der Waals surface area (Å²) < 4.78 is 32.3. The van der Waals surface area contributed by atoms with Crippen LogP contribution < -0.4 is 5.73 Å². The third-order valence-corrected chi connectivity index (χ3v) is 3.26. The predicted molar refractivity (Wildman–Crippen MR) is 71.3 cm³/mol.